The molecule has 1 aromatic carbocycles. The molecule has 0 aliphatic rings. The second-order valence-corrected chi connectivity index (χ2v) is 4.56. The third kappa shape index (κ3) is 3.49. The molecule has 0 spiro atoms. The number of aromatic nitrogens is 2. The Hall–Kier alpha value is -2.70. The van der Waals surface area contributed by atoms with Crippen LogP contribution < -0.4 is 5.43 Å². The minimum Gasteiger partial charge on any atom is -0.449 e. The van der Waals surface area contributed by atoms with Gasteiger partial charge in [0.1, 0.15) is 5.82 Å². The van der Waals surface area contributed by atoms with E-state index in [1.807, 2.05) is 13.8 Å². The Bertz CT molecular complexity index is 692. The van der Waals surface area contributed by atoms with Crippen molar-refractivity contribution < 1.29 is 13.9 Å². The minimum absolute atomic E-state index is 0.280. The van der Waals surface area contributed by atoms with Gasteiger partial charge in [-0.25, -0.2) is 19.3 Å². The maximum absolute atomic E-state index is 13.0. The van der Waals surface area contributed by atoms with Gasteiger partial charge in [-0.1, -0.05) is 0 Å². The molecule has 0 bridgehead atoms. The van der Waals surface area contributed by atoms with Crippen LogP contribution in [0.3, 0.4) is 0 Å². The highest BCUT2D eigenvalue weighted by Crippen LogP contribution is 2.16. The molecule has 0 unspecified atom stereocenters. The van der Waals surface area contributed by atoms with Crippen LogP contribution in [0.5, 0.6) is 0 Å². The van der Waals surface area contributed by atoms with Crippen molar-refractivity contribution in [3.8, 4) is 5.69 Å². The summed E-state index contributed by atoms with van der Waals surface area (Å²) in [6.07, 6.45) is 0.897. The van der Waals surface area contributed by atoms with E-state index in [1.54, 1.807) is 23.7 Å². The lowest BCUT2D eigenvalue weighted by Gasteiger charge is -2.04. The van der Waals surface area contributed by atoms with Gasteiger partial charge in [-0.15, -0.1) is 0 Å². The van der Waals surface area contributed by atoms with Gasteiger partial charge >= 0.3 is 6.09 Å². The highest BCUT2D eigenvalue weighted by atomic mass is 19.1. The number of halogens is 1. The molecule has 2 rings (SSSR count). The van der Waals surface area contributed by atoms with Crippen LogP contribution in [-0.2, 0) is 4.74 Å². The van der Waals surface area contributed by atoms with Crippen LogP contribution in [0.25, 0.3) is 5.69 Å². The van der Waals surface area contributed by atoms with Gasteiger partial charge in [0.15, 0.2) is 0 Å². The predicted molar refractivity (Wildman–Crippen MR) is 80.7 cm³/mol. The molecule has 116 valence electrons. The van der Waals surface area contributed by atoms with Gasteiger partial charge in [-0.05, 0) is 45.0 Å². The molecule has 0 radical (unpaired) electrons. The number of rotatable bonds is 4. The van der Waals surface area contributed by atoms with E-state index in [2.05, 4.69) is 15.6 Å². The Labute approximate surface area is 127 Å². The zero-order valence-electron chi connectivity index (χ0n) is 12.6. The maximum Gasteiger partial charge on any atom is 0.427 e. The average Bonchev–Trinajstić information content (AvgIpc) is 2.76. The number of hydrogen-bond acceptors (Lipinski definition) is 4. The van der Waals surface area contributed by atoms with Crippen LogP contribution in [0.15, 0.2) is 29.4 Å². The lowest BCUT2D eigenvalue weighted by molar-refractivity contribution is 0.152. The van der Waals surface area contributed by atoms with Gasteiger partial charge in [0.05, 0.1) is 29.9 Å². The first-order chi connectivity index (χ1) is 10.5. The molecule has 0 aliphatic heterocycles. The van der Waals surface area contributed by atoms with Crippen molar-refractivity contribution in [1.82, 2.24) is 15.2 Å². The first-order valence-electron chi connectivity index (χ1n) is 6.81. The number of ether oxygens (including phenoxy) is 1. The van der Waals surface area contributed by atoms with E-state index >= 15 is 0 Å². The number of amides is 1. The number of hydrogen-bond donors (Lipinski definition) is 1. The fraction of sp³-hybridized carbons (Fsp3) is 0.267. The summed E-state index contributed by atoms with van der Waals surface area (Å²) >= 11 is 0. The molecule has 0 saturated heterocycles. The molecule has 0 saturated carbocycles. The van der Waals surface area contributed by atoms with E-state index in [0.29, 0.717) is 0 Å². The Balaban J connectivity index is 2.22. The van der Waals surface area contributed by atoms with Crippen molar-refractivity contribution in [2.24, 2.45) is 5.10 Å². The monoisotopic (exact) mass is 304 g/mol. The van der Waals surface area contributed by atoms with Gasteiger partial charge in [-0.2, -0.15) is 10.2 Å². The van der Waals surface area contributed by atoms with Crippen LogP contribution >= 0.6 is 0 Å². The predicted octanol–water partition coefficient (Wildman–Crippen LogP) is 2.71. The summed E-state index contributed by atoms with van der Waals surface area (Å²) in [6.45, 7) is 5.69. The van der Waals surface area contributed by atoms with Crippen LogP contribution in [-0.4, -0.2) is 28.7 Å². The molecule has 0 aliphatic carbocycles. The topological polar surface area (TPSA) is 68.5 Å². The average molecular weight is 304 g/mol. The van der Waals surface area contributed by atoms with Gasteiger partial charge in [0.2, 0.25) is 0 Å². The van der Waals surface area contributed by atoms with Gasteiger partial charge < -0.3 is 4.74 Å². The van der Waals surface area contributed by atoms with E-state index in [-0.39, 0.29) is 12.4 Å². The van der Waals surface area contributed by atoms with Crippen molar-refractivity contribution in [3.63, 3.8) is 0 Å². The number of benzene rings is 1. The maximum atomic E-state index is 13.0. The summed E-state index contributed by atoms with van der Waals surface area (Å²) in [6, 6.07) is 6.04. The third-order valence-corrected chi connectivity index (χ3v) is 3.04. The number of nitrogens with one attached hydrogen (secondary N) is 1. The first-order valence-corrected chi connectivity index (χ1v) is 6.81. The Morgan fingerprint density at radius 2 is 2.09 bits per heavy atom. The Kier molecular flexibility index (Phi) is 4.88. The number of hydrazone groups is 1. The van der Waals surface area contributed by atoms with Gasteiger partial charge in [0.25, 0.3) is 0 Å². The molecular weight excluding hydrogens is 287 g/mol. The normalized spacial score (nSPS) is 10.9. The molecule has 2 aromatic rings. The lowest BCUT2D eigenvalue weighted by Crippen LogP contribution is -2.18. The van der Waals surface area contributed by atoms with E-state index in [4.69, 9.17) is 4.74 Å². The van der Waals surface area contributed by atoms with E-state index < -0.39 is 6.09 Å². The molecule has 1 N–H and O–H groups in total. The third-order valence-electron chi connectivity index (χ3n) is 3.04. The molecule has 22 heavy (non-hydrogen) atoms. The van der Waals surface area contributed by atoms with Crippen molar-refractivity contribution >= 4 is 12.3 Å². The van der Waals surface area contributed by atoms with Crippen molar-refractivity contribution in [3.05, 3.63) is 47.0 Å². The summed E-state index contributed by atoms with van der Waals surface area (Å²) in [5, 5.41) is 8.24. The molecule has 7 heteroatoms. The number of carbonyl (C=O) groups is 1. The van der Waals surface area contributed by atoms with Crippen molar-refractivity contribution in [2.75, 3.05) is 6.61 Å². The fourth-order valence-electron chi connectivity index (χ4n) is 1.99. The Morgan fingerprint density at radius 3 is 2.73 bits per heavy atom. The van der Waals surface area contributed by atoms with Crippen molar-refractivity contribution in [1.29, 1.82) is 0 Å². The summed E-state index contributed by atoms with van der Waals surface area (Å²) < 4.78 is 19.4. The first kappa shape index (κ1) is 15.7. The highest BCUT2D eigenvalue weighted by molar-refractivity contribution is 5.83. The fourth-order valence-corrected chi connectivity index (χ4v) is 1.99. The summed E-state index contributed by atoms with van der Waals surface area (Å²) in [5.41, 5.74) is 5.37. The smallest absolute Gasteiger partial charge is 0.427 e. The second kappa shape index (κ2) is 6.84. The van der Waals surface area contributed by atoms with Crippen molar-refractivity contribution in [2.45, 2.75) is 20.8 Å². The lowest BCUT2D eigenvalue weighted by atomic mass is 10.2. The standard InChI is InChI=1S/C15H17FN4O2/c1-4-22-15(21)18-17-9-14-10(2)19-20(11(14)3)13-7-5-12(16)6-8-13/h5-9H,4H2,1-3H3,(H,18,21)/b17-9-. The molecule has 1 aromatic heterocycles. The Morgan fingerprint density at radius 1 is 1.41 bits per heavy atom. The van der Waals surface area contributed by atoms with Gasteiger partial charge in [-0.3, -0.25) is 0 Å². The molecule has 0 atom stereocenters. The summed E-state index contributed by atoms with van der Waals surface area (Å²) in [5.74, 6) is -0.300. The van der Waals surface area contributed by atoms with E-state index in [9.17, 15) is 9.18 Å². The summed E-state index contributed by atoms with van der Waals surface area (Å²) in [4.78, 5) is 11.2. The molecule has 0 fully saturated rings. The molecule has 1 heterocycles. The van der Waals surface area contributed by atoms with E-state index in [1.165, 1.54) is 18.3 Å². The van der Waals surface area contributed by atoms with Crippen LogP contribution in [0, 0.1) is 19.7 Å². The zero-order chi connectivity index (χ0) is 16.1. The second-order valence-electron chi connectivity index (χ2n) is 4.56. The molecule has 6 nitrogen and oxygen atoms in total. The number of aryl methyl sites for hydroxylation is 1. The van der Waals surface area contributed by atoms with Gasteiger partial charge in [0, 0.05) is 5.56 Å². The molecule has 1 amide bonds. The number of nitrogens with zero attached hydrogens (tertiary/aromatic N) is 3. The number of carbonyl (C=O) groups excluding carboxylic acids is 1. The SMILES string of the molecule is CCOC(=O)N/N=C\c1c(C)nn(-c2ccc(F)cc2)c1C. The minimum atomic E-state index is -0.611. The molecular formula is C15H17FN4O2. The largest absolute Gasteiger partial charge is 0.449 e. The zero-order valence-corrected chi connectivity index (χ0v) is 12.6. The van der Waals surface area contributed by atoms with Crippen LogP contribution in [0.1, 0.15) is 23.9 Å². The van der Waals surface area contributed by atoms with Crippen LogP contribution in [0.4, 0.5) is 9.18 Å². The van der Waals surface area contributed by atoms with Crippen LogP contribution in [0.2, 0.25) is 0 Å². The summed E-state index contributed by atoms with van der Waals surface area (Å²) in [7, 11) is 0. The van der Waals surface area contributed by atoms with E-state index in [0.717, 1.165) is 22.6 Å². The quantitative estimate of drug-likeness (QED) is 0.697. The highest BCUT2D eigenvalue weighted by Gasteiger charge is 2.11.